The number of benzene rings is 4. The van der Waals surface area contributed by atoms with Crippen LogP contribution in [0, 0.1) is 6.92 Å². The molecule has 2 heterocycles. The molecule has 5 aromatic rings. The van der Waals surface area contributed by atoms with Crippen LogP contribution >= 0.6 is 46.3 Å². The molecule has 1 fully saturated rings. The zero-order valence-corrected chi connectivity index (χ0v) is 29.7. The second-order valence-corrected chi connectivity index (χ2v) is 14.3. The minimum atomic E-state index is -0.964. The Labute approximate surface area is 302 Å². The number of aliphatic hydroxyl groups is 1. The third-order valence-electron chi connectivity index (χ3n) is 7.70. The van der Waals surface area contributed by atoms with Crippen LogP contribution in [0.15, 0.2) is 101 Å². The summed E-state index contributed by atoms with van der Waals surface area (Å²) in [7, 11) is 0. The van der Waals surface area contributed by atoms with Crippen LogP contribution in [0.2, 0.25) is 10.0 Å². The quantitative estimate of drug-likeness (QED) is 0.0445. The Balaban J connectivity index is 1.30. The number of aromatic nitrogens is 2. The van der Waals surface area contributed by atoms with E-state index in [1.165, 1.54) is 28.0 Å². The molecule has 4 aromatic carbocycles. The second kappa shape index (κ2) is 15.5. The molecule has 49 heavy (non-hydrogen) atoms. The highest BCUT2D eigenvalue weighted by Crippen LogP contribution is 2.44. The van der Waals surface area contributed by atoms with Crippen molar-refractivity contribution < 1.29 is 24.2 Å². The van der Waals surface area contributed by atoms with Crippen molar-refractivity contribution in [1.29, 1.82) is 0 Å². The Kier molecular flexibility index (Phi) is 10.9. The second-order valence-electron chi connectivity index (χ2n) is 11.3. The first-order chi connectivity index (χ1) is 23.7. The van der Waals surface area contributed by atoms with Crippen molar-refractivity contribution in [2.45, 2.75) is 43.0 Å². The Morgan fingerprint density at radius 1 is 0.939 bits per heavy atom. The summed E-state index contributed by atoms with van der Waals surface area (Å²) in [6.07, 6.45) is 0.847. The van der Waals surface area contributed by atoms with Crippen LogP contribution < -0.4 is 14.4 Å². The van der Waals surface area contributed by atoms with Gasteiger partial charge in [0.25, 0.3) is 5.78 Å². The van der Waals surface area contributed by atoms with Crippen LogP contribution in [0.4, 0.5) is 5.13 Å². The number of anilines is 1. The lowest BCUT2D eigenvalue weighted by Gasteiger charge is -2.22. The van der Waals surface area contributed by atoms with Gasteiger partial charge in [-0.2, -0.15) is 0 Å². The first kappa shape index (κ1) is 34.5. The van der Waals surface area contributed by atoms with E-state index < -0.39 is 17.7 Å². The van der Waals surface area contributed by atoms with Crippen LogP contribution in [0.5, 0.6) is 11.5 Å². The van der Waals surface area contributed by atoms with Gasteiger partial charge in [0.1, 0.15) is 23.9 Å². The number of hydrogen-bond acceptors (Lipinski definition) is 9. The van der Waals surface area contributed by atoms with Crippen LogP contribution in [0.25, 0.3) is 5.76 Å². The Bertz CT molecular complexity index is 2020. The summed E-state index contributed by atoms with van der Waals surface area (Å²) in [5.74, 6) is -0.207. The number of amides is 1. The topological polar surface area (TPSA) is 102 Å². The third kappa shape index (κ3) is 7.94. The highest BCUT2D eigenvalue weighted by molar-refractivity contribution is 8.00. The normalized spacial score (nSPS) is 15.5. The van der Waals surface area contributed by atoms with Crippen molar-refractivity contribution in [2.75, 3.05) is 11.5 Å². The number of ketones is 1. The number of thioether (sulfide) groups is 1. The molecular formula is C37H31Cl2N3O5S2. The van der Waals surface area contributed by atoms with Gasteiger partial charge in [-0.05, 0) is 78.6 Å². The van der Waals surface area contributed by atoms with E-state index >= 15 is 0 Å². The maximum Gasteiger partial charge on any atom is 0.301 e. The molecule has 250 valence electrons. The predicted octanol–water partition coefficient (Wildman–Crippen LogP) is 9.44. The lowest BCUT2D eigenvalue weighted by Crippen LogP contribution is -2.29. The molecule has 1 amide bonds. The molecule has 0 aliphatic carbocycles. The zero-order valence-electron chi connectivity index (χ0n) is 26.6. The fraction of sp³-hybridized carbons (Fsp3) is 0.189. The molecule has 1 aliphatic heterocycles. The molecule has 1 N–H and O–H groups in total. The molecule has 0 bridgehead atoms. The lowest BCUT2D eigenvalue weighted by atomic mass is 9.95. The van der Waals surface area contributed by atoms with E-state index in [1.807, 2.05) is 38.1 Å². The molecule has 1 unspecified atom stereocenters. The van der Waals surface area contributed by atoms with E-state index in [0.717, 1.165) is 23.1 Å². The van der Waals surface area contributed by atoms with Crippen molar-refractivity contribution in [3.05, 3.63) is 134 Å². The summed E-state index contributed by atoms with van der Waals surface area (Å²) >= 11 is 15.0. The van der Waals surface area contributed by atoms with Gasteiger partial charge in [0, 0.05) is 21.4 Å². The van der Waals surface area contributed by atoms with Crippen LogP contribution in [-0.2, 0) is 21.9 Å². The first-order valence-electron chi connectivity index (χ1n) is 15.4. The highest BCUT2D eigenvalue weighted by Gasteiger charge is 2.48. The first-order valence-corrected chi connectivity index (χ1v) is 18.0. The number of Topliss-reactive ketones (excluding diaryl/α,β-unsaturated/α-hetero) is 1. The number of nitrogens with zero attached hydrogens (tertiary/aromatic N) is 3. The molecule has 1 saturated heterocycles. The molecule has 1 atom stereocenters. The monoisotopic (exact) mass is 731 g/mol. The van der Waals surface area contributed by atoms with E-state index in [1.54, 1.807) is 60.7 Å². The highest BCUT2D eigenvalue weighted by atomic mass is 35.5. The van der Waals surface area contributed by atoms with Crippen molar-refractivity contribution in [1.82, 2.24) is 10.2 Å². The number of ether oxygens (including phenoxy) is 2. The van der Waals surface area contributed by atoms with Crippen molar-refractivity contribution in [3.63, 3.8) is 0 Å². The van der Waals surface area contributed by atoms with Gasteiger partial charge in [-0.1, -0.05) is 101 Å². The van der Waals surface area contributed by atoms with Crippen LogP contribution in [0.1, 0.15) is 47.2 Å². The number of rotatable bonds is 12. The van der Waals surface area contributed by atoms with Gasteiger partial charge in [0.15, 0.2) is 4.34 Å². The Morgan fingerprint density at radius 2 is 1.67 bits per heavy atom. The molecule has 0 saturated carbocycles. The molecule has 8 nitrogen and oxygen atoms in total. The summed E-state index contributed by atoms with van der Waals surface area (Å²) in [4.78, 5) is 28.7. The lowest BCUT2D eigenvalue weighted by molar-refractivity contribution is -0.132. The van der Waals surface area contributed by atoms with E-state index in [9.17, 15) is 14.7 Å². The number of halogens is 2. The molecule has 6 rings (SSSR count). The number of carbonyl (C=O) groups is 2. The van der Waals surface area contributed by atoms with Crippen molar-refractivity contribution in [2.24, 2.45) is 0 Å². The average molecular weight is 733 g/mol. The largest absolute Gasteiger partial charge is 0.507 e. The minimum Gasteiger partial charge on any atom is -0.507 e. The zero-order chi connectivity index (χ0) is 34.5. The average Bonchev–Trinajstić information content (AvgIpc) is 3.67. The summed E-state index contributed by atoms with van der Waals surface area (Å²) < 4.78 is 12.3. The third-order valence-corrected chi connectivity index (χ3v) is 10.4. The molecule has 1 aromatic heterocycles. The summed E-state index contributed by atoms with van der Waals surface area (Å²) in [6.45, 7) is 4.97. The Hall–Kier alpha value is -4.35. The molecule has 12 heteroatoms. The van der Waals surface area contributed by atoms with E-state index in [4.69, 9.17) is 32.7 Å². The van der Waals surface area contributed by atoms with Gasteiger partial charge in [-0.25, -0.2) is 0 Å². The number of hydrogen-bond donors (Lipinski definition) is 1. The minimum absolute atomic E-state index is 0.0574. The molecular weight excluding hydrogens is 701 g/mol. The molecule has 0 radical (unpaired) electrons. The number of carbonyl (C=O) groups excluding carboxylic acids is 2. The standard InChI is InChI=1S/C37H31Cl2N3O5S2/c1-3-17-46-28-13-8-24(9-14-28)32-31(33(43)25-10-15-29(16-11-25)47-20-23-6-4-5-22(2)18-23)34(44)35(45)42(32)36-40-41-37(49-36)48-21-26-7-12-27(38)19-30(26)39/h4-16,18-19,32,43H,3,17,20-21H2,1-2H3. The smallest absolute Gasteiger partial charge is 0.301 e. The summed E-state index contributed by atoms with van der Waals surface area (Å²) in [5.41, 5.74) is 3.94. The van der Waals surface area contributed by atoms with Gasteiger partial charge < -0.3 is 14.6 Å². The fourth-order valence-corrected chi connectivity index (χ4v) is 7.71. The molecule has 0 spiro atoms. The van der Waals surface area contributed by atoms with Gasteiger partial charge in [-0.15, -0.1) is 10.2 Å². The molecule has 1 aliphatic rings. The SMILES string of the molecule is CCCOc1ccc(C2C(=C(O)c3ccc(OCc4cccc(C)c4)cc3)C(=O)C(=O)N2c2nnc(SCc3ccc(Cl)cc3Cl)s2)cc1. The van der Waals surface area contributed by atoms with E-state index in [0.29, 0.717) is 56.0 Å². The van der Waals surface area contributed by atoms with Gasteiger partial charge in [0.2, 0.25) is 5.13 Å². The summed E-state index contributed by atoms with van der Waals surface area (Å²) in [6, 6.07) is 26.2. The van der Waals surface area contributed by atoms with Gasteiger partial charge in [-0.3, -0.25) is 14.5 Å². The number of aliphatic hydroxyl groups excluding tert-OH is 1. The van der Waals surface area contributed by atoms with Gasteiger partial charge >= 0.3 is 5.91 Å². The van der Waals surface area contributed by atoms with Crippen LogP contribution in [-0.4, -0.2) is 33.6 Å². The maximum atomic E-state index is 13.7. The van der Waals surface area contributed by atoms with Crippen molar-refractivity contribution >= 4 is 68.9 Å². The van der Waals surface area contributed by atoms with Crippen molar-refractivity contribution in [3.8, 4) is 11.5 Å². The van der Waals surface area contributed by atoms with E-state index in [2.05, 4.69) is 16.3 Å². The fourth-order valence-electron chi connectivity index (χ4n) is 5.28. The van der Waals surface area contributed by atoms with Crippen LogP contribution in [0.3, 0.4) is 0 Å². The predicted molar refractivity (Wildman–Crippen MR) is 195 cm³/mol. The maximum absolute atomic E-state index is 13.7. The summed E-state index contributed by atoms with van der Waals surface area (Å²) in [5, 5.41) is 21.5. The van der Waals surface area contributed by atoms with E-state index in [-0.39, 0.29) is 16.5 Å². The number of aryl methyl sites for hydroxylation is 1. The Morgan fingerprint density at radius 3 is 2.39 bits per heavy atom. The van der Waals surface area contributed by atoms with Gasteiger partial charge in [0.05, 0.1) is 18.2 Å².